The number of para-hydroxylation sites is 3. The molecule has 25 heavy (non-hydrogen) atoms. The molecule has 1 atom stereocenters. The summed E-state index contributed by atoms with van der Waals surface area (Å²) in [5.41, 5.74) is 4.43. The van der Waals surface area contributed by atoms with Gasteiger partial charge in [-0.15, -0.1) is 0 Å². The fourth-order valence-corrected chi connectivity index (χ4v) is 4.49. The summed E-state index contributed by atoms with van der Waals surface area (Å²) in [6.45, 7) is 5.71. The minimum Gasteiger partial charge on any atom is -0.319 e. The molecule has 0 N–H and O–H groups in total. The summed E-state index contributed by atoms with van der Waals surface area (Å²) in [5, 5.41) is 0.741. The molecular weight excluding hydrogens is 330 g/mol. The average molecular weight is 351 g/mol. The standard InChI is InChI=1S/C20H21N3OS/c1-3-22-18-11-7-5-9-16(18)21-20(22)25-14(2)19(24)23-13-12-15-8-4-6-10-17(15)23/h4-11,14H,3,12-13H2,1-2H3/t14-/m1/s1. The number of anilines is 1. The van der Waals surface area contributed by atoms with Crippen LogP contribution in [0, 0.1) is 0 Å². The van der Waals surface area contributed by atoms with E-state index in [9.17, 15) is 4.79 Å². The van der Waals surface area contributed by atoms with Gasteiger partial charge in [0.1, 0.15) is 0 Å². The van der Waals surface area contributed by atoms with Crippen LogP contribution in [0.2, 0.25) is 0 Å². The summed E-state index contributed by atoms with van der Waals surface area (Å²) in [7, 11) is 0. The maximum atomic E-state index is 13.0. The summed E-state index contributed by atoms with van der Waals surface area (Å²) in [5.74, 6) is 0.157. The van der Waals surface area contributed by atoms with Crippen molar-refractivity contribution in [1.29, 1.82) is 0 Å². The molecule has 3 aromatic rings. The Morgan fingerprint density at radius 1 is 1.20 bits per heavy atom. The number of hydrogen-bond donors (Lipinski definition) is 0. The number of thioether (sulfide) groups is 1. The lowest BCUT2D eigenvalue weighted by atomic mass is 10.2. The second kappa shape index (κ2) is 6.56. The molecule has 5 heteroatoms. The topological polar surface area (TPSA) is 38.1 Å². The minimum atomic E-state index is -0.173. The Balaban J connectivity index is 1.58. The smallest absolute Gasteiger partial charge is 0.240 e. The summed E-state index contributed by atoms with van der Waals surface area (Å²) in [4.78, 5) is 19.6. The Labute approximate surface area is 151 Å². The van der Waals surface area contributed by atoms with Gasteiger partial charge < -0.3 is 9.47 Å². The maximum Gasteiger partial charge on any atom is 0.240 e. The van der Waals surface area contributed by atoms with Crippen molar-refractivity contribution in [2.45, 2.75) is 37.2 Å². The molecule has 4 rings (SSSR count). The van der Waals surface area contributed by atoms with Gasteiger partial charge >= 0.3 is 0 Å². The van der Waals surface area contributed by atoms with Gasteiger partial charge in [0.05, 0.1) is 16.3 Å². The van der Waals surface area contributed by atoms with Crippen molar-refractivity contribution in [3.8, 4) is 0 Å². The SMILES string of the molecule is CCn1c(S[C@H](C)C(=O)N2CCc3ccccc32)nc2ccccc21. The molecule has 0 unspecified atom stereocenters. The molecule has 0 bridgehead atoms. The molecule has 0 aliphatic carbocycles. The Kier molecular flexibility index (Phi) is 4.25. The first-order valence-corrected chi connectivity index (χ1v) is 9.58. The van der Waals surface area contributed by atoms with E-state index in [0.29, 0.717) is 0 Å². The van der Waals surface area contributed by atoms with Crippen LogP contribution in [0.4, 0.5) is 5.69 Å². The Bertz CT molecular complexity index is 934. The van der Waals surface area contributed by atoms with Gasteiger partial charge in [-0.1, -0.05) is 42.1 Å². The second-order valence-electron chi connectivity index (χ2n) is 6.26. The lowest BCUT2D eigenvalue weighted by molar-refractivity contribution is -0.117. The van der Waals surface area contributed by atoms with Crippen molar-refractivity contribution in [3.63, 3.8) is 0 Å². The highest BCUT2D eigenvalue weighted by molar-refractivity contribution is 8.00. The van der Waals surface area contributed by atoms with E-state index in [1.807, 2.05) is 48.2 Å². The lowest BCUT2D eigenvalue weighted by Gasteiger charge is -2.21. The summed E-state index contributed by atoms with van der Waals surface area (Å²) in [6.07, 6.45) is 0.937. The van der Waals surface area contributed by atoms with E-state index in [0.717, 1.165) is 41.4 Å². The molecule has 0 radical (unpaired) electrons. The number of rotatable bonds is 4. The first-order chi connectivity index (χ1) is 12.2. The van der Waals surface area contributed by atoms with Gasteiger partial charge in [-0.05, 0) is 44.0 Å². The largest absolute Gasteiger partial charge is 0.319 e. The normalized spacial score (nSPS) is 14.7. The van der Waals surface area contributed by atoms with Crippen molar-refractivity contribution in [1.82, 2.24) is 9.55 Å². The fraction of sp³-hybridized carbons (Fsp3) is 0.300. The van der Waals surface area contributed by atoms with E-state index in [-0.39, 0.29) is 11.2 Å². The maximum absolute atomic E-state index is 13.0. The van der Waals surface area contributed by atoms with Crippen LogP contribution in [0.25, 0.3) is 11.0 Å². The van der Waals surface area contributed by atoms with Gasteiger partial charge in [-0.2, -0.15) is 0 Å². The van der Waals surface area contributed by atoms with Crippen LogP contribution in [-0.2, 0) is 17.8 Å². The quantitative estimate of drug-likeness (QED) is 0.664. The number of carbonyl (C=O) groups excluding carboxylic acids is 1. The third-order valence-electron chi connectivity index (χ3n) is 4.72. The Hall–Kier alpha value is -2.27. The van der Waals surface area contributed by atoms with Crippen molar-refractivity contribution in [2.75, 3.05) is 11.4 Å². The molecule has 1 aliphatic rings. The van der Waals surface area contributed by atoms with Crippen LogP contribution < -0.4 is 4.90 Å². The Morgan fingerprint density at radius 3 is 2.80 bits per heavy atom. The molecule has 1 amide bonds. The number of benzene rings is 2. The van der Waals surface area contributed by atoms with Gasteiger partial charge in [0.2, 0.25) is 5.91 Å². The predicted octanol–water partition coefficient (Wildman–Crippen LogP) is 4.13. The first kappa shape index (κ1) is 16.2. The lowest BCUT2D eigenvalue weighted by Crippen LogP contribution is -2.35. The van der Waals surface area contributed by atoms with Gasteiger partial charge in [0.15, 0.2) is 5.16 Å². The zero-order chi connectivity index (χ0) is 17.4. The summed E-state index contributed by atoms with van der Waals surface area (Å²) in [6, 6.07) is 16.3. The number of imidazole rings is 1. The molecule has 0 saturated heterocycles. The first-order valence-electron chi connectivity index (χ1n) is 8.70. The van der Waals surface area contributed by atoms with Crippen LogP contribution >= 0.6 is 11.8 Å². The number of amides is 1. The van der Waals surface area contributed by atoms with E-state index in [1.165, 1.54) is 5.56 Å². The van der Waals surface area contributed by atoms with Crippen LogP contribution in [0.15, 0.2) is 53.7 Å². The van der Waals surface area contributed by atoms with Crippen molar-refractivity contribution < 1.29 is 4.79 Å². The van der Waals surface area contributed by atoms with Crippen LogP contribution in [0.3, 0.4) is 0 Å². The van der Waals surface area contributed by atoms with E-state index in [1.54, 1.807) is 11.8 Å². The van der Waals surface area contributed by atoms with E-state index in [2.05, 4.69) is 23.6 Å². The van der Waals surface area contributed by atoms with E-state index < -0.39 is 0 Å². The molecule has 0 saturated carbocycles. The molecule has 2 aromatic carbocycles. The minimum absolute atomic E-state index is 0.157. The molecule has 4 nitrogen and oxygen atoms in total. The van der Waals surface area contributed by atoms with E-state index in [4.69, 9.17) is 4.98 Å². The van der Waals surface area contributed by atoms with Crippen LogP contribution in [0.1, 0.15) is 19.4 Å². The number of fused-ring (bicyclic) bond motifs is 2. The molecule has 0 spiro atoms. The van der Waals surface area contributed by atoms with E-state index >= 15 is 0 Å². The average Bonchev–Trinajstić information content (AvgIpc) is 3.21. The third kappa shape index (κ3) is 2.82. The van der Waals surface area contributed by atoms with Crippen molar-refractivity contribution >= 4 is 34.4 Å². The zero-order valence-electron chi connectivity index (χ0n) is 14.5. The molecule has 128 valence electrons. The van der Waals surface area contributed by atoms with Gasteiger partial charge in [0.25, 0.3) is 0 Å². The Morgan fingerprint density at radius 2 is 1.96 bits per heavy atom. The van der Waals surface area contributed by atoms with Crippen molar-refractivity contribution in [2.24, 2.45) is 0 Å². The highest BCUT2D eigenvalue weighted by Crippen LogP contribution is 2.32. The molecular formula is C20H21N3OS. The highest BCUT2D eigenvalue weighted by atomic mass is 32.2. The van der Waals surface area contributed by atoms with Crippen LogP contribution in [-0.4, -0.2) is 27.3 Å². The molecule has 1 aliphatic heterocycles. The fourth-order valence-electron chi connectivity index (χ4n) is 3.44. The van der Waals surface area contributed by atoms with Crippen LogP contribution in [0.5, 0.6) is 0 Å². The van der Waals surface area contributed by atoms with Gasteiger partial charge in [0, 0.05) is 18.8 Å². The zero-order valence-corrected chi connectivity index (χ0v) is 15.3. The van der Waals surface area contributed by atoms with Gasteiger partial charge in [-0.3, -0.25) is 4.79 Å². The third-order valence-corrected chi connectivity index (χ3v) is 5.80. The number of hydrogen-bond acceptors (Lipinski definition) is 3. The summed E-state index contributed by atoms with van der Waals surface area (Å²) >= 11 is 1.55. The molecule has 0 fully saturated rings. The number of nitrogens with zero attached hydrogens (tertiary/aromatic N) is 3. The molecule has 1 aromatic heterocycles. The second-order valence-corrected chi connectivity index (χ2v) is 7.56. The predicted molar refractivity (Wildman–Crippen MR) is 103 cm³/mol. The molecule has 2 heterocycles. The number of carbonyl (C=O) groups is 1. The highest BCUT2D eigenvalue weighted by Gasteiger charge is 2.29. The monoisotopic (exact) mass is 351 g/mol. The van der Waals surface area contributed by atoms with Crippen molar-refractivity contribution in [3.05, 3.63) is 54.1 Å². The number of aryl methyl sites for hydroxylation is 1. The van der Waals surface area contributed by atoms with Gasteiger partial charge in [-0.25, -0.2) is 4.98 Å². The number of aromatic nitrogens is 2. The summed E-state index contributed by atoms with van der Waals surface area (Å²) < 4.78 is 2.18.